The standard InChI is InChI=1S/C16H21N3O2/c17-9-10-5-12(6-10)19-16(20)14(18)8-13-7-11-3-1-2-4-15(11)21-13/h1-4,7,10,12,14H,5-6,8-9,17-18H2,(H,19,20). The van der Waals surface area contributed by atoms with Gasteiger partial charge in [0.15, 0.2) is 0 Å². The van der Waals surface area contributed by atoms with Crippen molar-refractivity contribution in [3.63, 3.8) is 0 Å². The molecule has 1 aliphatic carbocycles. The number of furan rings is 1. The van der Waals surface area contributed by atoms with Crippen molar-refractivity contribution in [3.05, 3.63) is 36.1 Å². The third kappa shape index (κ3) is 3.09. The summed E-state index contributed by atoms with van der Waals surface area (Å²) in [5.41, 5.74) is 12.4. The van der Waals surface area contributed by atoms with Crippen LogP contribution >= 0.6 is 0 Å². The minimum absolute atomic E-state index is 0.115. The zero-order valence-corrected chi connectivity index (χ0v) is 11.9. The van der Waals surface area contributed by atoms with Crippen molar-refractivity contribution in [2.45, 2.75) is 31.3 Å². The summed E-state index contributed by atoms with van der Waals surface area (Å²) in [6.45, 7) is 0.692. The first-order valence-electron chi connectivity index (χ1n) is 7.39. The molecule has 5 nitrogen and oxygen atoms in total. The molecule has 5 heteroatoms. The molecule has 0 aliphatic heterocycles. The molecule has 1 aromatic heterocycles. The van der Waals surface area contributed by atoms with E-state index in [-0.39, 0.29) is 11.9 Å². The number of hydrogen-bond donors (Lipinski definition) is 3. The van der Waals surface area contributed by atoms with Crippen LogP contribution in [0.4, 0.5) is 0 Å². The van der Waals surface area contributed by atoms with Crippen LogP contribution in [0.25, 0.3) is 11.0 Å². The van der Waals surface area contributed by atoms with Crippen molar-refractivity contribution >= 4 is 16.9 Å². The van der Waals surface area contributed by atoms with Gasteiger partial charge in [-0.1, -0.05) is 18.2 Å². The third-order valence-corrected chi connectivity index (χ3v) is 4.15. The van der Waals surface area contributed by atoms with Crippen molar-refractivity contribution in [3.8, 4) is 0 Å². The van der Waals surface area contributed by atoms with Crippen molar-refractivity contribution in [1.29, 1.82) is 0 Å². The van der Waals surface area contributed by atoms with Crippen LogP contribution in [0, 0.1) is 5.92 Å². The minimum Gasteiger partial charge on any atom is -0.461 e. The van der Waals surface area contributed by atoms with E-state index in [2.05, 4.69) is 5.32 Å². The normalized spacial score (nSPS) is 22.8. The molecular weight excluding hydrogens is 266 g/mol. The van der Waals surface area contributed by atoms with Crippen LogP contribution in [0.2, 0.25) is 0 Å². The van der Waals surface area contributed by atoms with E-state index in [4.69, 9.17) is 15.9 Å². The van der Waals surface area contributed by atoms with Crippen LogP contribution in [-0.2, 0) is 11.2 Å². The van der Waals surface area contributed by atoms with Gasteiger partial charge in [-0.25, -0.2) is 0 Å². The zero-order valence-electron chi connectivity index (χ0n) is 11.9. The lowest BCUT2D eigenvalue weighted by Gasteiger charge is -2.35. The lowest BCUT2D eigenvalue weighted by atomic mass is 9.80. The van der Waals surface area contributed by atoms with Gasteiger partial charge in [-0.3, -0.25) is 4.79 Å². The van der Waals surface area contributed by atoms with Crippen molar-refractivity contribution in [1.82, 2.24) is 5.32 Å². The first-order valence-corrected chi connectivity index (χ1v) is 7.39. The van der Waals surface area contributed by atoms with Crippen LogP contribution in [0.1, 0.15) is 18.6 Å². The molecule has 1 amide bonds. The topological polar surface area (TPSA) is 94.3 Å². The molecule has 1 aliphatic rings. The smallest absolute Gasteiger partial charge is 0.237 e. The van der Waals surface area contributed by atoms with Crippen LogP contribution in [-0.4, -0.2) is 24.5 Å². The molecule has 1 unspecified atom stereocenters. The number of nitrogens with two attached hydrogens (primary N) is 2. The molecule has 1 saturated carbocycles. The molecule has 1 fully saturated rings. The van der Waals surface area contributed by atoms with Gasteiger partial charge in [0, 0.05) is 17.8 Å². The maximum absolute atomic E-state index is 12.1. The highest BCUT2D eigenvalue weighted by molar-refractivity contribution is 5.82. The number of carbonyl (C=O) groups excluding carboxylic acids is 1. The second-order valence-corrected chi connectivity index (χ2v) is 5.84. The van der Waals surface area contributed by atoms with E-state index < -0.39 is 6.04 Å². The molecule has 5 N–H and O–H groups in total. The minimum atomic E-state index is -0.581. The number of benzene rings is 1. The Hall–Kier alpha value is -1.85. The first kappa shape index (κ1) is 14.1. The quantitative estimate of drug-likeness (QED) is 0.769. The molecular formula is C16H21N3O2. The van der Waals surface area contributed by atoms with Gasteiger partial charge in [0.2, 0.25) is 5.91 Å². The summed E-state index contributed by atoms with van der Waals surface area (Å²) in [5, 5.41) is 4.01. The van der Waals surface area contributed by atoms with Gasteiger partial charge >= 0.3 is 0 Å². The lowest BCUT2D eigenvalue weighted by molar-refractivity contribution is -0.124. The molecule has 112 valence electrons. The Balaban J connectivity index is 1.55. The van der Waals surface area contributed by atoms with Crippen LogP contribution in [0.3, 0.4) is 0 Å². The largest absolute Gasteiger partial charge is 0.461 e. The number of para-hydroxylation sites is 1. The van der Waals surface area contributed by atoms with Crippen molar-refractivity contribution < 1.29 is 9.21 Å². The van der Waals surface area contributed by atoms with E-state index in [0.717, 1.165) is 29.6 Å². The first-order chi connectivity index (χ1) is 10.2. The average Bonchev–Trinajstić information content (AvgIpc) is 2.84. The van der Waals surface area contributed by atoms with E-state index >= 15 is 0 Å². The van der Waals surface area contributed by atoms with E-state index in [1.165, 1.54) is 0 Å². The maximum Gasteiger partial charge on any atom is 0.237 e. The molecule has 0 saturated heterocycles. The predicted molar refractivity (Wildman–Crippen MR) is 81.6 cm³/mol. The fourth-order valence-corrected chi connectivity index (χ4v) is 2.80. The highest BCUT2D eigenvalue weighted by Gasteiger charge is 2.30. The number of hydrogen-bond acceptors (Lipinski definition) is 4. The van der Waals surface area contributed by atoms with Crippen LogP contribution in [0.15, 0.2) is 34.7 Å². The summed E-state index contributed by atoms with van der Waals surface area (Å²) in [7, 11) is 0. The molecule has 0 bridgehead atoms. The third-order valence-electron chi connectivity index (χ3n) is 4.15. The molecule has 3 rings (SSSR count). The van der Waals surface area contributed by atoms with Crippen molar-refractivity contribution in [2.24, 2.45) is 17.4 Å². The fourth-order valence-electron chi connectivity index (χ4n) is 2.80. The van der Waals surface area contributed by atoms with E-state index in [1.54, 1.807) is 0 Å². The second-order valence-electron chi connectivity index (χ2n) is 5.84. The summed E-state index contributed by atoms with van der Waals surface area (Å²) in [6.07, 6.45) is 2.33. The Morgan fingerprint density at radius 3 is 2.86 bits per heavy atom. The summed E-state index contributed by atoms with van der Waals surface area (Å²) in [6, 6.07) is 9.36. The Morgan fingerprint density at radius 2 is 2.14 bits per heavy atom. The van der Waals surface area contributed by atoms with E-state index in [0.29, 0.717) is 18.9 Å². The highest BCUT2D eigenvalue weighted by atomic mass is 16.3. The Labute approximate surface area is 123 Å². The summed E-state index contributed by atoms with van der Waals surface area (Å²) < 4.78 is 5.69. The van der Waals surface area contributed by atoms with Gasteiger partial charge in [-0.15, -0.1) is 0 Å². The number of nitrogens with one attached hydrogen (secondary N) is 1. The summed E-state index contributed by atoms with van der Waals surface area (Å²) in [5.74, 6) is 1.17. The molecule has 0 spiro atoms. The summed E-state index contributed by atoms with van der Waals surface area (Å²) >= 11 is 0. The number of carbonyl (C=O) groups is 1. The molecule has 2 aromatic rings. The van der Waals surface area contributed by atoms with E-state index in [1.807, 2.05) is 30.3 Å². The van der Waals surface area contributed by atoms with Gasteiger partial charge in [0.25, 0.3) is 0 Å². The molecule has 1 atom stereocenters. The van der Waals surface area contributed by atoms with Crippen LogP contribution < -0.4 is 16.8 Å². The molecule has 21 heavy (non-hydrogen) atoms. The Kier molecular flexibility index (Phi) is 3.94. The number of amides is 1. The lowest BCUT2D eigenvalue weighted by Crippen LogP contribution is -2.51. The fraction of sp³-hybridized carbons (Fsp3) is 0.438. The number of rotatable bonds is 5. The SMILES string of the molecule is NCC1CC(NC(=O)C(N)Cc2cc3ccccc3o2)C1. The van der Waals surface area contributed by atoms with Gasteiger partial charge in [0.05, 0.1) is 6.04 Å². The van der Waals surface area contributed by atoms with Crippen LogP contribution in [0.5, 0.6) is 0 Å². The zero-order chi connectivity index (χ0) is 14.8. The molecule has 1 heterocycles. The molecule has 0 radical (unpaired) electrons. The van der Waals surface area contributed by atoms with E-state index in [9.17, 15) is 4.79 Å². The van der Waals surface area contributed by atoms with Crippen molar-refractivity contribution in [2.75, 3.05) is 6.54 Å². The summed E-state index contributed by atoms with van der Waals surface area (Å²) in [4.78, 5) is 12.1. The maximum atomic E-state index is 12.1. The Morgan fingerprint density at radius 1 is 1.38 bits per heavy atom. The average molecular weight is 287 g/mol. The molecule has 1 aromatic carbocycles. The predicted octanol–water partition coefficient (Wildman–Crippen LogP) is 1.16. The van der Waals surface area contributed by atoms with Gasteiger partial charge in [-0.2, -0.15) is 0 Å². The Bertz CT molecular complexity index is 598. The monoisotopic (exact) mass is 287 g/mol. The highest BCUT2D eigenvalue weighted by Crippen LogP contribution is 2.26. The van der Waals surface area contributed by atoms with Gasteiger partial charge < -0.3 is 21.2 Å². The number of fused-ring (bicyclic) bond motifs is 1. The van der Waals surface area contributed by atoms with Gasteiger partial charge in [-0.05, 0) is 37.4 Å². The van der Waals surface area contributed by atoms with Gasteiger partial charge in [0.1, 0.15) is 11.3 Å². The second kappa shape index (κ2) is 5.87.